The summed E-state index contributed by atoms with van der Waals surface area (Å²) in [5, 5.41) is 3.35. The van der Waals surface area contributed by atoms with E-state index in [1.807, 2.05) is 18.7 Å². The Labute approximate surface area is 170 Å². The third-order valence-corrected chi connectivity index (χ3v) is 6.41. The maximum atomic E-state index is 12.5. The normalized spacial score (nSPS) is 17.7. The molecule has 10 heteroatoms. The summed E-state index contributed by atoms with van der Waals surface area (Å²) < 4.78 is 31.9. The van der Waals surface area contributed by atoms with Crippen molar-refractivity contribution in [2.75, 3.05) is 59.2 Å². The second-order valence-electron chi connectivity index (χ2n) is 7.50. The van der Waals surface area contributed by atoms with E-state index < -0.39 is 10.0 Å². The fourth-order valence-corrected chi connectivity index (χ4v) is 3.82. The maximum Gasteiger partial charge on any atom is 0.243 e. The molecule has 28 heavy (non-hydrogen) atoms. The highest BCUT2D eigenvalue weighted by Gasteiger charge is 2.28. The molecule has 1 aliphatic heterocycles. The van der Waals surface area contributed by atoms with Crippen LogP contribution in [-0.2, 0) is 19.6 Å². The highest BCUT2D eigenvalue weighted by Crippen LogP contribution is 2.09. The van der Waals surface area contributed by atoms with E-state index in [-0.39, 0.29) is 37.0 Å². The average molecular weight is 420 g/mol. The number of hydrogen-bond donors (Lipinski definition) is 1. The fourth-order valence-electron chi connectivity index (χ4n) is 2.54. The molecule has 1 rings (SSSR count). The predicted octanol–water partition coefficient (Wildman–Crippen LogP) is 0.191. The Morgan fingerprint density at radius 3 is 2.29 bits per heavy atom. The van der Waals surface area contributed by atoms with Crippen molar-refractivity contribution >= 4 is 21.9 Å². The number of sulfonamides is 1. The molecule has 0 aromatic heterocycles. The Balaban J connectivity index is 2.71. The number of carbonyl (C=O) groups excluding carboxylic acids is 1. The zero-order valence-corrected chi connectivity index (χ0v) is 19.0. The largest absolute Gasteiger partial charge is 0.378 e. The van der Waals surface area contributed by atoms with Gasteiger partial charge in [-0.05, 0) is 27.2 Å². The maximum absolute atomic E-state index is 12.5. The third-order valence-electron chi connectivity index (χ3n) is 4.57. The molecule has 0 aliphatic carbocycles. The molecule has 0 aromatic carbocycles. The summed E-state index contributed by atoms with van der Waals surface area (Å²) in [5.41, 5.74) is 0. The van der Waals surface area contributed by atoms with Crippen molar-refractivity contribution in [3.8, 4) is 0 Å². The number of hydrogen-bond acceptors (Lipinski definition) is 5. The number of ether oxygens (including phenoxy) is 1. The van der Waals surface area contributed by atoms with Crippen molar-refractivity contribution in [1.29, 1.82) is 0 Å². The molecule has 0 aromatic rings. The second-order valence-corrected chi connectivity index (χ2v) is 9.59. The topological polar surface area (TPSA) is 94.5 Å². The fraction of sp³-hybridized carbons (Fsp3) is 0.889. The van der Waals surface area contributed by atoms with E-state index >= 15 is 0 Å². The summed E-state index contributed by atoms with van der Waals surface area (Å²) in [6, 6.07) is 0.211. The van der Waals surface area contributed by atoms with Gasteiger partial charge < -0.3 is 19.9 Å². The van der Waals surface area contributed by atoms with E-state index in [4.69, 9.17) is 4.74 Å². The number of aliphatic imine (C=N–C) groups is 1. The van der Waals surface area contributed by atoms with Crippen LogP contribution in [-0.4, -0.2) is 106 Å². The first-order chi connectivity index (χ1) is 13.1. The lowest BCUT2D eigenvalue weighted by molar-refractivity contribution is -0.127. The summed E-state index contributed by atoms with van der Waals surface area (Å²) in [5.74, 6) is 0.578. The van der Waals surface area contributed by atoms with Crippen molar-refractivity contribution < 1.29 is 17.9 Å². The Bertz CT molecular complexity index is 613. The highest BCUT2D eigenvalue weighted by atomic mass is 32.2. The lowest BCUT2D eigenvalue weighted by Crippen LogP contribution is -2.55. The van der Waals surface area contributed by atoms with Crippen LogP contribution < -0.4 is 5.32 Å². The molecule has 9 nitrogen and oxygen atoms in total. The minimum atomic E-state index is -3.33. The Morgan fingerprint density at radius 2 is 1.79 bits per heavy atom. The Hall–Kier alpha value is -1.39. The van der Waals surface area contributed by atoms with Crippen LogP contribution in [0.4, 0.5) is 0 Å². The van der Waals surface area contributed by atoms with Crippen molar-refractivity contribution in [3.05, 3.63) is 0 Å². The molecule has 1 unspecified atom stereocenters. The lowest BCUT2D eigenvalue weighted by atomic mass is 10.2. The van der Waals surface area contributed by atoms with E-state index in [1.54, 1.807) is 14.1 Å². The van der Waals surface area contributed by atoms with Crippen molar-refractivity contribution in [2.24, 2.45) is 4.99 Å². The van der Waals surface area contributed by atoms with Gasteiger partial charge in [0.05, 0.1) is 18.5 Å². The summed E-state index contributed by atoms with van der Waals surface area (Å²) >= 11 is 0. The number of nitrogens with zero attached hydrogens (tertiary/aromatic N) is 4. The zero-order chi connectivity index (χ0) is 21.3. The van der Waals surface area contributed by atoms with E-state index in [9.17, 15) is 13.2 Å². The standard InChI is InChI=1S/C18H37N5O4S/c1-7-16(4)20-18(19-14-17(24)21(5)6)22-8-10-23(11-9-22)28(25,26)13-12-27-15(2)3/h15-16H,7-14H2,1-6H3,(H,19,20). The lowest BCUT2D eigenvalue weighted by Gasteiger charge is -2.36. The Morgan fingerprint density at radius 1 is 1.18 bits per heavy atom. The van der Waals surface area contributed by atoms with Crippen molar-refractivity contribution in [3.63, 3.8) is 0 Å². The first-order valence-electron chi connectivity index (χ1n) is 9.92. The van der Waals surface area contributed by atoms with Crippen LogP contribution in [0.3, 0.4) is 0 Å². The van der Waals surface area contributed by atoms with Gasteiger partial charge in [0.15, 0.2) is 5.96 Å². The van der Waals surface area contributed by atoms with Gasteiger partial charge in [-0.1, -0.05) is 6.92 Å². The van der Waals surface area contributed by atoms with E-state index in [0.29, 0.717) is 32.1 Å². The molecule has 1 fully saturated rings. The minimum Gasteiger partial charge on any atom is -0.378 e. The molecule has 1 N–H and O–H groups in total. The highest BCUT2D eigenvalue weighted by molar-refractivity contribution is 7.89. The molecular weight excluding hydrogens is 382 g/mol. The quantitative estimate of drug-likeness (QED) is 0.424. The zero-order valence-electron chi connectivity index (χ0n) is 18.1. The SMILES string of the molecule is CCC(C)NC(=NCC(=O)N(C)C)N1CCN(S(=O)(=O)CCOC(C)C)CC1. The molecule has 1 atom stereocenters. The van der Waals surface area contributed by atoms with E-state index in [0.717, 1.165) is 6.42 Å². The molecule has 1 heterocycles. The summed E-state index contributed by atoms with van der Waals surface area (Å²) in [6.45, 7) is 10.0. The van der Waals surface area contributed by atoms with E-state index in [1.165, 1.54) is 9.21 Å². The van der Waals surface area contributed by atoms with Crippen LogP contribution in [0.5, 0.6) is 0 Å². The monoisotopic (exact) mass is 419 g/mol. The van der Waals surface area contributed by atoms with Gasteiger partial charge in [0.1, 0.15) is 6.54 Å². The first-order valence-corrected chi connectivity index (χ1v) is 11.5. The molecule has 1 saturated heterocycles. The van der Waals surface area contributed by atoms with Gasteiger partial charge in [-0.2, -0.15) is 4.31 Å². The number of amides is 1. The smallest absolute Gasteiger partial charge is 0.243 e. The molecule has 0 radical (unpaired) electrons. The predicted molar refractivity (Wildman–Crippen MR) is 112 cm³/mol. The van der Waals surface area contributed by atoms with Crippen LogP contribution in [0.2, 0.25) is 0 Å². The summed E-state index contributed by atoms with van der Waals surface area (Å²) in [4.78, 5) is 19.9. The van der Waals surface area contributed by atoms with Crippen LogP contribution in [0.25, 0.3) is 0 Å². The molecule has 164 valence electrons. The molecule has 0 bridgehead atoms. The number of piperazine rings is 1. The van der Waals surface area contributed by atoms with Gasteiger partial charge in [-0.25, -0.2) is 13.4 Å². The van der Waals surface area contributed by atoms with Gasteiger partial charge in [-0.3, -0.25) is 4.79 Å². The first kappa shape index (κ1) is 24.6. The molecule has 0 spiro atoms. The van der Waals surface area contributed by atoms with Gasteiger partial charge >= 0.3 is 0 Å². The van der Waals surface area contributed by atoms with Crippen LogP contribution in [0.1, 0.15) is 34.1 Å². The van der Waals surface area contributed by atoms with Gasteiger partial charge in [0.2, 0.25) is 15.9 Å². The van der Waals surface area contributed by atoms with Crippen molar-refractivity contribution in [2.45, 2.75) is 46.3 Å². The number of likely N-dealkylation sites (N-methyl/N-ethyl adjacent to an activating group) is 1. The van der Waals surface area contributed by atoms with Crippen LogP contribution in [0, 0.1) is 0 Å². The van der Waals surface area contributed by atoms with Gasteiger partial charge in [0, 0.05) is 46.3 Å². The molecule has 0 saturated carbocycles. The van der Waals surface area contributed by atoms with Gasteiger partial charge in [0.25, 0.3) is 0 Å². The summed E-state index contributed by atoms with van der Waals surface area (Å²) in [7, 11) is 0.0691. The second kappa shape index (κ2) is 11.6. The number of rotatable bonds is 9. The third kappa shape index (κ3) is 8.32. The number of guanidine groups is 1. The molecule has 1 amide bonds. The number of nitrogens with one attached hydrogen (secondary N) is 1. The summed E-state index contributed by atoms with van der Waals surface area (Å²) in [6.07, 6.45) is 0.938. The van der Waals surface area contributed by atoms with Crippen LogP contribution in [0.15, 0.2) is 4.99 Å². The van der Waals surface area contributed by atoms with Crippen molar-refractivity contribution in [1.82, 2.24) is 19.4 Å². The Kier molecular flexibility index (Phi) is 10.2. The molecular formula is C18H37N5O4S. The van der Waals surface area contributed by atoms with E-state index in [2.05, 4.69) is 24.2 Å². The minimum absolute atomic E-state index is 0.00538. The number of carbonyl (C=O) groups is 1. The molecule has 1 aliphatic rings. The average Bonchev–Trinajstić information content (AvgIpc) is 2.64. The van der Waals surface area contributed by atoms with Crippen LogP contribution >= 0.6 is 0 Å². The van der Waals surface area contributed by atoms with Gasteiger partial charge in [-0.15, -0.1) is 0 Å².